The molecule has 0 spiro atoms. The topological polar surface area (TPSA) is 129 Å². The Kier molecular flexibility index (Phi) is 10.3. The molecule has 12 nitrogen and oxygen atoms in total. The minimum Gasteiger partial charge on any atom is -0.494 e. The largest absolute Gasteiger partial charge is 0.494 e. The van der Waals surface area contributed by atoms with Crippen molar-refractivity contribution < 1.29 is 32.8 Å². The number of aromatic nitrogens is 5. The summed E-state index contributed by atoms with van der Waals surface area (Å²) in [5, 5.41) is 19.3. The van der Waals surface area contributed by atoms with E-state index in [-0.39, 0.29) is 43.0 Å². The van der Waals surface area contributed by atoms with E-state index in [9.17, 15) is 5.11 Å². The second-order valence-electron chi connectivity index (χ2n) is 12.4. The van der Waals surface area contributed by atoms with Crippen molar-refractivity contribution >= 4 is 22.4 Å². The second kappa shape index (κ2) is 14.8. The van der Waals surface area contributed by atoms with Crippen molar-refractivity contribution in [2.75, 3.05) is 38.2 Å². The van der Waals surface area contributed by atoms with Crippen molar-refractivity contribution in [1.29, 1.82) is 0 Å². The summed E-state index contributed by atoms with van der Waals surface area (Å²) in [4.78, 5) is 15.3. The Morgan fingerprint density at radius 3 is 2.57 bits per heavy atom. The van der Waals surface area contributed by atoms with E-state index < -0.39 is 23.6 Å². The van der Waals surface area contributed by atoms with Crippen LogP contribution in [0.5, 0.6) is 11.5 Å². The lowest BCUT2D eigenvalue weighted by atomic mass is 10.1. The average Bonchev–Trinajstić information content (AvgIpc) is 3.44. The predicted octanol–water partition coefficient (Wildman–Crippen LogP) is 5.53. The van der Waals surface area contributed by atoms with Gasteiger partial charge in [-0.2, -0.15) is 5.10 Å². The molecule has 0 aliphatic carbocycles. The van der Waals surface area contributed by atoms with Gasteiger partial charge in [0.25, 0.3) is 0 Å². The number of morpholine rings is 1. The molecular formula is C35H39F2N7O5. The third-order valence-electron chi connectivity index (χ3n) is 7.67. The molecule has 14 heteroatoms. The number of pyridine rings is 1. The van der Waals surface area contributed by atoms with Crippen molar-refractivity contribution in [2.45, 2.75) is 52.4 Å². The molecule has 1 aliphatic heterocycles. The van der Waals surface area contributed by atoms with E-state index in [2.05, 4.69) is 15.3 Å². The number of aliphatic hydroxyl groups is 1. The summed E-state index contributed by atoms with van der Waals surface area (Å²) in [6.45, 7) is 8.97. The minimum absolute atomic E-state index is 0.122. The monoisotopic (exact) mass is 675 g/mol. The maximum absolute atomic E-state index is 15.0. The number of para-hydroxylation sites is 1. The fourth-order valence-electron chi connectivity index (χ4n) is 5.41. The van der Waals surface area contributed by atoms with Crippen molar-refractivity contribution in [2.24, 2.45) is 0 Å². The smallest absolute Gasteiger partial charge is 0.216 e. The summed E-state index contributed by atoms with van der Waals surface area (Å²) in [6, 6.07) is 13.3. The maximum Gasteiger partial charge on any atom is 0.216 e. The fraction of sp³-hybridized carbons (Fsp3) is 0.371. The number of benzene rings is 2. The molecule has 0 saturated carbocycles. The number of hydrogen-bond acceptors (Lipinski definition) is 11. The van der Waals surface area contributed by atoms with E-state index in [1.54, 1.807) is 42.5 Å². The molecule has 3 aromatic heterocycles. The van der Waals surface area contributed by atoms with Crippen LogP contribution in [0.3, 0.4) is 0 Å². The number of hydrogen-bond donors (Lipinski definition) is 2. The number of halogens is 2. The van der Waals surface area contributed by atoms with Gasteiger partial charge in [-0.1, -0.05) is 18.2 Å². The summed E-state index contributed by atoms with van der Waals surface area (Å²) >= 11 is 0. The summed E-state index contributed by atoms with van der Waals surface area (Å²) in [5.41, 5.74) is 1.12. The fourth-order valence-corrected chi connectivity index (χ4v) is 5.41. The van der Waals surface area contributed by atoms with Gasteiger partial charge < -0.3 is 29.4 Å². The lowest BCUT2D eigenvalue weighted by Gasteiger charge is -2.37. The molecule has 2 N–H and O–H groups in total. The Balaban J connectivity index is 1.28. The molecule has 2 aromatic carbocycles. The van der Waals surface area contributed by atoms with Crippen molar-refractivity contribution in [3.8, 4) is 23.0 Å². The molecule has 4 heterocycles. The van der Waals surface area contributed by atoms with Crippen molar-refractivity contribution in [3.63, 3.8) is 0 Å². The molecule has 0 bridgehead atoms. The van der Waals surface area contributed by atoms with E-state index in [0.717, 1.165) is 0 Å². The molecule has 2 atom stereocenters. The van der Waals surface area contributed by atoms with Gasteiger partial charge in [0.1, 0.15) is 35.8 Å². The van der Waals surface area contributed by atoms with E-state index in [4.69, 9.17) is 29.0 Å². The summed E-state index contributed by atoms with van der Waals surface area (Å²) in [5.74, 6) is -0.344. The number of aliphatic hydroxyl groups excluding tert-OH is 1. The molecule has 258 valence electrons. The van der Waals surface area contributed by atoms with Gasteiger partial charge in [-0.25, -0.2) is 18.7 Å². The van der Waals surface area contributed by atoms with Crippen LogP contribution in [-0.2, 0) is 16.0 Å². The summed E-state index contributed by atoms with van der Waals surface area (Å²) < 4.78 is 54.7. The van der Waals surface area contributed by atoms with Crippen LogP contribution in [0, 0.1) is 11.6 Å². The molecule has 0 amide bonds. The normalized spacial score (nSPS) is 16.1. The molecule has 5 aromatic rings. The van der Waals surface area contributed by atoms with Gasteiger partial charge in [-0.3, -0.25) is 14.6 Å². The first-order chi connectivity index (χ1) is 23.6. The number of rotatable bonds is 12. The van der Waals surface area contributed by atoms with E-state index >= 15 is 8.78 Å². The number of fused-ring (bicyclic) bond motifs is 1. The third-order valence-corrected chi connectivity index (χ3v) is 7.67. The third kappa shape index (κ3) is 8.28. The van der Waals surface area contributed by atoms with Gasteiger partial charge in [0.2, 0.25) is 6.41 Å². The number of nitrogens with zero attached hydrogens (tertiary/aromatic N) is 6. The minimum atomic E-state index is -1.07. The highest BCUT2D eigenvalue weighted by Crippen LogP contribution is 2.32. The van der Waals surface area contributed by atoms with Crippen LogP contribution in [0.15, 0.2) is 67.1 Å². The van der Waals surface area contributed by atoms with E-state index in [0.29, 0.717) is 53.5 Å². The van der Waals surface area contributed by atoms with Gasteiger partial charge in [-0.15, -0.1) is 0 Å². The zero-order chi connectivity index (χ0) is 34.5. The van der Waals surface area contributed by atoms with Crippen LogP contribution in [0.25, 0.3) is 22.4 Å². The SMILES string of the molecule is CCOc1cc(F)c(Cn2nc(-c3ncc(OCC4CN(C(O)OC(C)(C)C)CCO4)c(Nc4ccncc4)n3)c3ccccc32)c(F)c1. The first-order valence-electron chi connectivity index (χ1n) is 16.0. The summed E-state index contributed by atoms with van der Waals surface area (Å²) in [7, 11) is 0. The highest BCUT2D eigenvalue weighted by molar-refractivity contribution is 5.92. The molecule has 2 unspecified atom stereocenters. The molecule has 0 radical (unpaired) electrons. The quantitative estimate of drug-likeness (QED) is 0.162. The lowest BCUT2D eigenvalue weighted by molar-refractivity contribution is -0.256. The van der Waals surface area contributed by atoms with E-state index in [1.165, 1.54) is 16.8 Å². The molecule has 49 heavy (non-hydrogen) atoms. The van der Waals surface area contributed by atoms with Crippen LogP contribution in [0.4, 0.5) is 20.3 Å². The Morgan fingerprint density at radius 1 is 1.08 bits per heavy atom. The maximum atomic E-state index is 15.0. The molecule has 1 aliphatic rings. The van der Waals surface area contributed by atoms with Gasteiger partial charge in [0.15, 0.2) is 17.4 Å². The zero-order valence-electron chi connectivity index (χ0n) is 27.8. The predicted molar refractivity (Wildman–Crippen MR) is 179 cm³/mol. The standard InChI is InChI=1S/C35H39F2N7O5/c1-5-46-23-16-27(36)26(28(37)17-23)20-44-29-9-7-6-8-25(29)31(42-44)33-39-18-30(32(41-33)40-22-10-12-38-13-11-22)48-21-24-19-43(14-15-47-24)34(45)49-35(2,3)4/h6-13,16-18,24,34,45H,5,14-15,19-21H2,1-4H3,(H,38,39,40,41). The summed E-state index contributed by atoms with van der Waals surface area (Å²) in [6.07, 6.45) is 3.41. The molecule has 6 rings (SSSR count). The lowest BCUT2D eigenvalue weighted by Crippen LogP contribution is -2.51. The van der Waals surface area contributed by atoms with Crippen molar-refractivity contribution in [1.82, 2.24) is 29.6 Å². The van der Waals surface area contributed by atoms with Gasteiger partial charge in [0, 0.05) is 54.3 Å². The van der Waals surface area contributed by atoms with Crippen LogP contribution in [0.2, 0.25) is 0 Å². The highest BCUT2D eigenvalue weighted by atomic mass is 19.1. The molecule has 1 fully saturated rings. The molecule has 1 saturated heterocycles. The Morgan fingerprint density at radius 2 is 1.84 bits per heavy atom. The van der Waals surface area contributed by atoms with Crippen LogP contribution in [0.1, 0.15) is 33.3 Å². The Bertz CT molecular complexity index is 1860. The first-order valence-corrected chi connectivity index (χ1v) is 16.0. The van der Waals surface area contributed by atoms with E-state index in [1.807, 2.05) is 45.0 Å². The van der Waals surface area contributed by atoms with Gasteiger partial charge >= 0.3 is 0 Å². The van der Waals surface area contributed by atoms with Crippen LogP contribution < -0.4 is 14.8 Å². The Labute approximate surface area is 282 Å². The van der Waals surface area contributed by atoms with Gasteiger partial charge in [-0.05, 0) is 45.9 Å². The zero-order valence-corrected chi connectivity index (χ0v) is 27.8. The number of anilines is 2. The van der Waals surface area contributed by atoms with Crippen molar-refractivity contribution in [3.05, 3.63) is 84.3 Å². The molecular weight excluding hydrogens is 636 g/mol. The highest BCUT2D eigenvalue weighted by Gasteiger charge is 2.29. The first kappa shape index (κ1) is 34.1. The van der Waals surface area contributed by atoms with Crippen LogP contribution in [-0.4, -0.2) is 85.8 Å². The number of ether oxygens (including phenoxy) is 4. The van der Waals surface area contributed by atoms with Gasteiger partial charge in [0.05, 0.1) is 37.1 Å². The van der Waals surface area contributed by atoms with Crippen LogP contribution >= 0.6 is 0 Å². The second-order valence-corrected chi connectivity index (χ2v) is 12.4. The number of nitrogens with one attached hydrogen (secondary N) is 1. The Hall–Kier alpha value is -4.76. The average molecular weight is 676 g/mol.